The van der Waals surface area contributed by atoms with Crippen LogP contribution in [0.25, 0.3) is 0 Å². The molecule has 2 fully saturated rings. The Hall–Kier alpha value is -1.50. The van der Waals surface area contributed by atoms with Gasteiger partial charge in [0.2, 0.25) is 0 Å². The van der Waals surface area contributed by atoms with Crippen LogP contribution in [0.5, 0.6) is 0 Å². The zero-order valence-electron chi connectivity index (χ0n) is 15.2. The molecule has 3 N–H and O–H groups in total. The van der Waals surface area contributed by atoms with E-state index in [4.69, 9.17) is 0 Å². The molecule has 0 bridgehead atoms. The predicted octanol–water partition coefficient (Wildman–Crippen LogP) is 2.17. The number of nitrogens with one attached hydrogen (secondary N) is 1. The van der Waals surface area contributed by atoms with Gasteiger partial charge in [-0.1, -0.05) is 31.4 Å². The van der Waals surface area contributed by atoms with Crippen LogP contribution in [0.1, 0.15) is 50.5 Å². The van der Waals surface area contributed by atoms with Gasteiger partial charge in [0.25, 0.3) is 5.91 Å². The van der Waals surface area contributed by atoms with E-state index < -0.39 is 17.7 Å². The summed E-state index contributed by atoms with van der Waals surface area (Å²) in [5.41, 5.74) is -1.20. The summed E-state index contributed by atoms with van der Waals surface area (Å²) in [5, 5.41) is 24.2. The summed E-state index contributed by atoms with van der Waals surface area (Å²) >= 11 is 0. The van der Waals surface area contributed by atoms with Gasteiger partial charge in [-0.05, 0) is 49.3 Å². The summed E-state index contributed by atoms with van der Waals surface area (Å²) in [6, 6.07) is 5.97. The van der Waals surface area contributed by atoms with Crippen LogP contribution in [-0.2, 0) is 11.3 Å². The van der Waals surface area contributed by atoms with Crippen molar-refractivity contribution in [3.05, 3.63) is 35.6 Å². The van der Waals surface area contributed by atoms with Crippen molar-refractivity contribution in [1.82, 2.24) is 10.2 Å². The maximum absolute atomic E-state index is 13.2. The van der Waals surface area contributed by atoms with Gasteiger partial charge in [0.05, 0.1) is 0 Å². The fourth-order valence-corrected chi connectivity index (χ4v) is 4.21. The molecule has 1 aromatic rings. The SMILES string of the molecule is O=C(NCc1cccc(F)c1)C1(O)CCCN(CC2CCCCC2)C1O. The molecule has 1 saturated carbocycles. The van der Waals surface area contributed by atoms with E-state index in [1.54, 1.807) is 12.1 Å². The van der Waals surface area contributed by atoms with Crippen molar-refractivity contribution in [2.45, 2.75) is 63.3 Å². The number of carbonyl (C=O) groups is 1. The van der Waals surface area contributed by atoms with Gasteiger partial charge in [-0.25, -0.2) is 4.39 Å². The number of aliphatic hydroxyl groups excluding tert-OH is 1. The Morgan fingerprint density at radius 3 is 2.77 bits per heavy atom. The van der Waals surface area contributed by atoms with Crippen LogP contribution in [0, 0.1) is 11.7 Å². The predicted molar refractivity (Wildman–Crippen MR) is 96.6 cm³/mol. The monoisotopic (exact) mass is 364 g/mol. The third-order valence-electron chi connectivity index (χ3n) is 5.73. The average molecular weight is 364 g/mol. The number of piperidine rings is 1. The van der Waals surface area contributed by atoms with Crippen molar-refractivity contribution in [3.63, 3.8) is 0 Å². The first kappa shape index (κ1) is 19.3. The van der Waals surface area contributed by atoms with Crippen molar-refractivity contribution in [1.29, 1.82) is 0 Å². The third kappa shape index (κ3) is 4.42. The number of rotatable bonds is 5. The maximum Gasteiger partial charge on any atom is 0.256 e. The van der Waals surface area contributed by atoms with Crippen LogP contribution in [0.3, 0.4) is 0 Å². The Balaban J connectivity index is 1.59. The normalized spacial score (nSPS) is 28.0. The molecule has 0 radical (unpaired) electrons. The molecule has 144 valence electrons. The number of carbonyl (C=O) groups excluding carboxylic acids is 1. The number of benzene rings is 1. The van der Waals surface area contributed by atoms with E-state index in [2.05, 4.69) is 5.32 Å². The highest BCUT2D eigenvalue weighted by molar-refractivity contribution is 5.85. The van der Waals surface area contributed by atoms with Gasteiger partial charge in [-0.15, -0.1) is 0 Å². The molecular formula is C20H29FN2O3. The van der Waals surface area contributed by atoms with Gasteiger partial charge in [0.1, 0.15) is 12.0 Å². The summed E-state index contributed by atoms with van der Waals surface area (Å²) in [4.78, 5) is 14.4. The van der Waals surface area contributed by atoms with Crippen LogP contribution in [0.4, 0.5) is 4.39 Å². The molecular weight excluding hydrogens is 335 g/mol. The first-order chi connectivity index (χ1) is 12.5. The van der Waals surface area contributed by atoms with Crippen molar-refractivity contribution in [2.24, 2.45) is 5.92 Å². The summed E-state index contributed by atoms with van der Waals surface area (Å²) < 4.78 is 13.2. The summed E-state index contributed by atoms with van der Waals surface area (Å²) in [6.07, 6.45) is 5.68. The molecule has 1 heterocycles. The van der Waals surface area contributed by atoms with Crippen molar-refractivity contribution in [2.75, 3.05) is 13.1 Å². The lowest BCUT2D eigenvalue weighted by Crippen LogP contribution is -2.64. The minimum Gasteiger partial charge on any atom is -0.376 e. The second kappa shape index (κ2) is 8.46. The molecule has 0 spiro atoms. The van der Waals surface area contributed by atoms with Crippen molar-refractivity contribution < 1.29 is 19.4 Å². The van der Waals surface area contributed by atoms with E-state index in [0.717, 1.165) is 19.4 Å². The minimum absolute atomic E-state index is 0.119. The number of hydrogen-bond donors (Lipinski definition) is 3. The van der Waals surface area contributed by atoms with Gasteiger partial charge >= 0.3 is 0 Å². The highest BCUT2D eigenvalue weighted by Gasteiger charge is 2.48. The third-order valence-corrected chi connectivity index (χ3v) is 5.73. The minimum atomic E-state index is -1.82. The number of likely N-dealkylation sites (tertiary alicyclic amines) is 1. The van der Waals surface area contributed by atoms with E-state index in [1.807, 2.05) is 4.90 Å². The van der Waals surface area contributed by atoms with Crippen LogP contribution in [0.2, 0.25) is 0 Å². The van der Waals surface area contributed by atoms with Crippen LogP contribution in [-0.4, -0.2) is 45.9 Å². The summed E-state index contributed by atoms with van der Waals surface area (Å²) in [5.74, 6) is -0.439. The number of aliphatic hydroxyl groups is 2. The second-order valence-electron chi connectivity index (χ2n) is 7.71. The zero-order chi connectivity index (χ0) is 18.6. The molecule has 2 atom stereocenters. The lowest BCUT2D eigenvalue weighted by Gasteiger charge is -2.44. The topological polar surface area (TPSA) is 72.8 Å². The van der Waals surface area contributed by atoms with Crippen LogP contribution >= 0.6 is 0 Å². The number of amides is 1. The first-order valence-electron chi connectivity index (χ1n) is 9.66. The summed E-state index contributed by atoms with van der Waals surface area (Å²) in [6.45, 7) is 1.53. The average Bonchev–Trinajstić information content (AvgIpc) is 2.64. The van der Waals surface area contributed by atoms with Gasteiger partial charge in [-0.3, -0.25) is 9.69 Å². The Kier molecular flexibility index (Phi) is 6.27. The zero-order valence-corrected chi connectivity index (χ0v) is 15.2. The Morgan fingerprint density at radius 2 is 2.04 bits per heavy atom. The van der Waals surface area contributed by atoms with Gasteiger partial charge < -0.3 is 15.5 Å². The molecule has 2 aliphatic rings. The highest BCUT2D eigenvalue weighted by Crippen LogP contribution is 2.31. The molecule has 1 aliphatic carbocycles. The Labute approximate surface area is 154 Å². The molecule has 5 nitrogen and oxygen atoms in total. The van der Waals surface area contributed by atoms with Crippen LogP contribution in [0.15, 0.2) is 24.3 Å². The molecule has 1 aromatic carbocycles. The molecule has 3 rings (SSSR count). The molecule has 26 heavy (non-hydrogen) atoms. The van der Waals surface area contributed by atoms with Gasteiger partial charge in [0.15, 0.2) is 5.60 Å². The molecule has 2 unspecified atom stereocenters. The molecule has 0 aromatic heterocycles. The number of halogens is 1. The number of hydrogen-bond acceptors (Lipinski definition) is 4. The number of nitrogens with zero attached hydrogens (tertiary/aromatic N) is 1. The first-order valence-corrected chi connectivity index (χ1v) is 9.66. The van der Waals surface area contributed by atoms with Crippen LogP contribution < -0.4 is 5.32 Å². The van der Waals surface area contributed by atoms with E-state index >= 15 is 0 Å². The molecule has 1 aliphatic heterocycles. The Bertz CT molecular complexity index is 621. The second-order valence-corrected chi connectivity index (χ2v) is 7.71. The molecule has 1 saturated heterocycles. The van der Waals surface area contributed by atoms with E-state index in [9.17, 15) is 19.4 Å². The van der Waals surface area contributed by atoms with Crippen molar-refractivity contribution >= 4 is 5.91 Å². The quantitative estimate of drug-likeness (QED) is 0.749. The van der Waals surface area contributed by atoms with E-state index in [1.165, 1.54) is 31.4 Å². The highest BCUT2D eigenvalue weighted by atomic mass is 19.1. The largest absolute Gasteiger partial charge is 0.376 e. The summed E-state index contributed by atoms with van der Waals surface area (Å²) in [7, 11) is 0. The maximum atomic E-state index is 13.2. The lowest BCUT2D eigenvalue weighted by atomic mass is 9.85. The van der Waals surface area contributed by atoms with Gasteiger partial charge in [-0.2, -0.15) is 0 Å². The van der Waals surface area contributed by atoms with Gasteiger partial charge in [0, 0.05) is 19.6 Å². The Morgan fingerprint density at radius 1 is 1.27 bits per heavy atom. The molecule has 6 heteroatoms. The smallest absolute Gasteiger partial charge is 0.256 e. The van der Waals surface area contributed by atoms with E-state index in [0.29, 0.717) is 24.4 Å². The lowest BCUT2D eigenvalue weighted by molar-refractivity contribution is -0.189. The molecule has 1 amide bonds. The van der Waals surface area contributed by atoms with E-state index in [-0.39, 0.29) is 18.8 Å². The van der Waals surface area contributed by atoms with Crippen molar-refractivity contribution in [3.8, 4) is 0 Å². The fraction of sp³-hybridized carbons (Fsp3) is 0.650. The fourth-order valence-electron chi connectivity index (χ4n) is 4.21. The standard InChI is InChI=1S/C20H29FN2O3/c21-17-9-4-8-16(12-17)13-22-18(24)20(26)10-5-11-23(19(20)25)14-15-6-2-1-3-7-15/h4,8-9,12,15,19,25-26H,1-3,5-7,10-11,13-14H2,(H,22,24).